The zero-order valence-electron chi connectivity index (χ0n) is 13.1. The fraction of sp³-hybridized carbons (Fsp3) is 1.00. The highest BCUT2D eigenvalue weighted by Gasteiger charge is 2.41. The molecule has 0 radical (unpaired) electrons. The first-order valence-electron chi connectivity index (χ1n) is 7.33. The average Bonchev–Trinajstić information content (AvgIpc) is 2.71. The molecule has 0 amide bonds. The van der Waals surface area contributed by atoms with Crippen molar-refractivity contribution in [1.82, 2.24) is 10.2 Å². The molecule has 3 heteroatoms. The number of nitrogens with zero attached hydrogens (tertiary/aromatic N) is 1. The standard InChI is InChI=1S/C15H32N2O/c1-7-16-15(11-18)9-8-13(10-15)17(6)12(2)14(3,4)5/h12-13,16,18H,7-11H2,1-6H3. The van der Waals surface area contributed by atoms with Crippen molar-refractivity contribution in [3.05, 3.63) is 0 Å². The van der Waals surface area contributed by atoms with Crippen LogP contribution < -0.4 is 5.32 Å². The third kappa shape index (κ3) is 3.46. The molecule has 0 saturated heterocycles. The number of aliphatic hydroxyl groups is 1. The number of hydrogen-bond acceptors (Lipinski definition) is 3. The summed E-state index contributed by atoms with van der Waals surface area (Å²) in [5.74, 6) is 0. The van der Waals surface area contributed by atoms with E-state index in [2.05, 4.69) is 51.9 Å². The molecule has 1 aliphatic carbocycles. The van der Waals surface area contributed by atoms with E-state index in [1.807, 2.05) is 0 Å². The molecule has 3 nitrogen and oxygen atoms in total. The zero-order valence-corrected chi connectivity index (χ0v) is 13.1. The average molecular weight is 256 g/mol. The number of aliphatic hydroxyl groups excluding tert-OH is 1. The normalized spacial score (nSPS) is 31.0. The lowest BCUT2D eigenvalue weighted by molar-refractivity contribution is 0.0885. The predicted octanol–water partition coefficient (Wildman–Crippen LogP) is 2.25. The summed E-state index contributed by atoms with van der Waals surface area (Å²) in [5.41, 5.74) is 0.267. The predicted molar refractivity (Wildman–Crippen MR) is 77.8 cm³/mol. The van der Waals surface area contributed by atoms with Gasteiger partial charge in [0, 0.05) is 17.6 Å². The fourth-order valence-electron chi connectivity index (χ4n) is 3.11. The Balaban J connectivity index is 2.66. The van der Waals surface area contributed by atoms with Crippen LogP contribution in [0.2, 0.25) is 0 Å². The van der Waals surface area contributed by atoms with Crippen LogP contribution in [0.15, 0.2) is 0 Å². The summed E-state index contributed by atoms with van der Waals surface area (Å²) < 4.78 is 0. The maximum Gasteiger partial charge on any atom is 0.0613 e. The van der Waals surface area contributed by atoms with Crippen molar-refractivity contribution in [2.45, 2.75) is 71.5 Å². The minimum absolute atomic E-state index is 0.0364. The van der Waals surface area contributed by atoms with Crippen LogP contribution in [0, 0.1) is 5.41 Å². The van der Waals surface area contributed by atoms with Crippen molar-refractivity contribution in [1.29, 1.82) is 0 Å². The van der Waals surface area contributed by atoms with Crippen LogP contribution in [0.25, 0.3) is 0 Å². The van der Waals surface area contributed by atoms with Gasteiger partial charge in [-0.3, -0.25) is 0 Å². The van der Waals surface area contributed by atoms with Crippen LogP contribution in [0.1, 0.15) is 53.9 Å². The van der Waals surface area contributed by atoms with Crippen molar-refractivity contribution >= 4 is 0 Å². The Morgan fingerprint density at radius 3 is 2.50 bits per heavy atom. The van der Waals surface area contributed by atoms with Crippen molar-refractivity contribution < 1.29 is 5.11 Å². The van der Waals surface area contributed by atoms with Gasteiger partial charge in [-0.1, -0.05) is 27.7 Å². The quantitative estimate of drug-likeness (QED) is 0.792. The Kier molecular flexibility index (Phi) is 5.22. The molecule has 1 aliphatic rings. The largest absolute Gasteiger partial charge is 0.394 e. The van der Waals surface area contributed by atoms with Gasteiger partial charge in [-0.2, -0.15) is 0 Å². The summed E-state index contributed by atoms with van der Waals surface area (Å²) in [7, 11) is 2.24. The molecule has 0 aromatic rings. The minimum atomic E-state index is -0.0364. The third-order valence-corrected chi connectivity index (χ3v) is 4.88. The van der Waals surface area contributed by atoms with E-state index in [4.69, 9.17) is 0 Å². The van der Waals surface area contributed by atoms with Gasteiger partial charge in [0.1, 0.15) is 0 Å². The van der Waals surface area contributed by atoms with Gasteiger partial charge in [0.2, 0.25) is 0 Å². The highest BCUT2D eigenvalue weighted by atomic mass is 16.3. The third-order valence-electron chi connectivity index (χ3n) is 4.88. The molecule has 0 aromatic carbocycles. The van der Waals surface area contributed by atoms with Crippen molar-refractivity contribution in [3.8, 4) is 0 Å². The van der Waals surface area contributed by atoms with Crippen molar-refractivity contribution in [2.75, 3.05) is 20.2 Å². The molecular formula is C15H32N2O. The van der Waals surface area contributed by atoms with Gasteiger partial charge >= 0.3 is 0 Å². The number of hydrogen-bond donors (Lipinski definition) is 2. The van der Waals surface area contributed by atoms with Gasteiger partial charge in [-0.25, -0.2) is 0 Å². The fourth-order valence-corrected chi connectivity index (χ4v) is 3.11. The first-order chi connectivity index (χ1) is 8.25. The maximum atomic E-state index is 9.66. The van der Waals surface area contributed by atoms with Gasteiger partial charge in [-0.05, 0) is 45.2 Å². The lowest BCUT2D eigenvalue weighted by Gasteiger charge is -2.39. The van der Waals surface area contributed by atoms with Gasteiger partial charge in [0.05, 0.1) is 6.61 Å². The maximum absolute atomic E-state index is 9.66. The van der Waals surface area contributed by atoms with E-state index in [9.17, 15) is 5.11 Å². The van der Waals surface area contributed by atoms with Gasteiger partial charge in [-0.15, -0.1) is 0 Å². The summed E-state index contributed by atoms with van der Waals surface area (Å²) in [5, 5.41) is 13.2. The van der Waals surface area contributed by atoms with Crippen LogP contribution in [0.4, 0.5) is 0 Å². The molecule has 0 spiro atoms. The smallest absolute Gasteiger partial charge is 0.0613 e. The van der Waals surface area contributed by atoms with Crippen LogP contribution >= 0.6 is 0 Å². The van der Waals surface area contributed by atoms with Crippen LogP contribution in [-0.2, 0) is 0 Å². The molecule has 0 aromatic heterocycles. The Morgan fingerprint density at radius 1 is 1.44 bits per heavy atom. The highest BCUT2D eigenvalue weighted by molar-refractivity contribution is 5.00. The van der Waals surface area contributed by atoms with E-state index < -0.39 is 0 Å². The number of rotatable bonds is 5. The zero-order chi connectivity index (χ0) is 14.0. The lowest BCUT2D eigenvalue weighted by Crippen LogP contribution is -2.49. The molecule has 2 N–H and O–H groups in total. The SMILES string of the molecule is CCNC1(CO)CCC(N(C)C(C)C(C)(C)C)C1. The summed E-state index contributed by atoms with van der Waals surface area (Å²) in [6.45, 7) is 12.5. The second-order valence-corrected chi connectivity index (χ2v) is 7.07. The van der Waals surface area contributed by atoms with E-state index in [1.165, 1.54) is 6.42 Å². The monoisotopic (exact) mass is 256 g/mol. The van der Waals surface area contributed by atoms with E-state index in [0.29, 0.717) is 17.5 Å². The summed E-state index contributed by atoms with van der Waals surface area (Å²) in [4.78, 5) is 2.51. The first kappa shape index (κ1) is 15.9. The van der Waals surface area contributed by atoms with Crippen molar-refractivity contribution in [3.63, 3.8) is 0 Å². The Hall–Kier alpha value is -0.120. The van der Waals surface area contributed by atoms with Crippen LogP contribution in [0.5, 0.6) is 0 Å². The summed E-state index contributed by atoms with van der Waals surface area (Å²) in [6, 6.07) is 1.14. The number of likely N-dealkylation sites (N-methyl/N-ethyl adjacent to an activating group) is 1. The lowest BCUT2D eigenvalue weighted by atomic mass is 9.86. The van der Waals surface area contributed by atoms with E-state index >= 15 is 0 Å². The molecular weight excluding hydrogens is 224 g/mol. The first-order valence-corrected chi connectivity index (χ1v) is 7.33. The van der Waals surface area contributed by atoms with Gasteiger partial charge < -0.3 is 15.3 Å². The molecule has 0 bridgehead atoms. The highest BCUT2D eigenvalue weighted by Crippen LogP contribution is 2.35. The second-order valence-electron chi connectivity index (χ2n) is 7.07. The number of nitrogens with one attached hydrogen (secondary N) is 1. The summed E-state index contributed by atoms with van der Waals surface area (Å²) >= 11 is 0. The molecule has 0 aliphatic heterocycles. The molecule has 108 valence electrons. The second kappa shape index (κ2) is 5.89. The molecule has 3 unspecified atom stereocenters. The topological polar surface area (TPSA) is 35.5 Å². The molecule has 18 heavy (non-hydrogen) atoms. The van der Waals surface area contributed by atoms with Crippen LogP contribution in [0.3, 0.4) is 0 Å². The van der Waals surface area contributed by atoms with Crippen LogP contribution in [-0.4, -0.2) is 47.8 Å². The van der Waals surface area contributed by atoms with Crippen molar-refractivity contribution in [2.24, 2.45) is 5.41 Å². The van der Waals surface area contributed by atoms with E-state index in [0.717, 1.165) is 19.4 Å². The molecule has 1 saturated carbocycles. The molecule has 0 heterocycles. The Labute approximate surface area is 113 Å². The Bertz CT molecular complexity index is 262. The summed E-state index contributed by atoms with van der Waals surface area (Å²) in [6.07, 6.45) is 3.34. The van der Waals surface area contributed by atoms with Gasteiger partial charge in [0.15, 0.2) is 0 Å². The Morgan fingerprint density at radius 2 is 2.06 bits per heavy atom. The molecule has 3 atom stereocenters. The van der Waals surface area contributed by atoms with Gasteiger partial charge in [0.25, 0.3) is 0 Å². The van der Waals surface area contributed by atoms with E-state index in [1.54, 1.807) is 0 Å². The van der Waals surface area contributed by atoms with E-state index in [-0.39, 0.29) is 12.1 Å². The molecule has 1 fully saturated rings. The minimum Gasteiger partial charge on any atom is -0.394 e. The molecule has 1 rings (SSSR count).